The molecule has 474 valence electrons. The van der Waals surface area contributed by atoms with Crippen molar-refractivity contribution in [2.75, 3.05) is 0 Å². The normalized spacial score (nSPS) is 14.7. The summed E-state index contributed by atoms with van der Waals surface area (Å²) in [6.07, 6.45) is 5.86. The zero-order chi connectivity index (χ0) is 67.3. The number of hydrogen-bond donors (Lipinski definition) is 0. The Morgan fingerprint density at radius 3 is 0.848 bits per heavy atom. The number of benzene rings is 12. The van der Waals surface area contributed by atoms with E-state index in [0.717, 1.165) is 43.1 Å². The first-order chi connectivity index (χ1) is 48.3. The maximum absolute atomic E-state index is 15.9. The van der Waals surface area contributed by atoms with Crippen molar-refractivity contribution in [3.63, 3.8) is 0 Å². The minimum Gasteiger partial charge on any atom is -0.459 e. The second kappa shape index (κ2) is 23.7. The van der Waals surface area contributed by atoms with E-state index < -0.39 is 57.8 Å². The van der Waals surface area contributed by atoms with Crippen molar-refractivity contribution in [3.8, 4) is 0 Å². The molecule has 0 bridgehead atoms. The van der Waals surface area contributed by atoms with Crippen LogP contribution >= 0.6 is 11.3 Å². The lowest BCUT2D eigenvalue weighted by atomic mass is 9.75. The van der Waals surface area contributed by atoms with Gasteiger partial charge in [0, 0.05) is 42.4 Å². The molecule has 0 atom stereocenters. The lowest BCUT2D eigenvalue weighted by molar-refractivity contribution is -0.166. The fourth-order valence-electron chi connectivity index (χ4n) is 14.4. The van der Waals surface area contributed by atoms with Crippen molar-refractivity contribution < 1.29 is 57.3 Å². The topological polar surface area (TPSA) is 173 Å². The van der Waals surface area contributed by atoms with Gasteiger partial charge in [0.05, 0.1) is 11.1 Å². The van der Waals surface area contributed by atoms with Gasteiger partial charge in [-0.25, -0.2) is 0 Å². The van der Waals surface area contributed by atoms with Crippen LogP contribution in [0.15, 0.2) is 277 Å². The highest BCUT2D eigenvalue weighted by atomic mass is 32.1. The van der Waals surface area contributed by atoms with E-state index in [-0.39, 0.29) is 82.1 Å². The first-order valence-corrected chi connectivity index (χ1v) is 33.0. The number of hydrogen-bond acceptors (Lipinski definition) is 13. The van der Waals surface area contributed by atoms with Crippen LogP contribution < -0.4 is 0 Å². The Morgan fingerprint density at radius 2 is 0.576 bits per heavy atom. The molecule has 4 aliphatic rings. The van der Waals surface area contributed by atoms with Crippen molar-refractivity contribution in [1.29, 1.82) is 0 Å². The molecule has 99 heavy (non-hydrogen) atoms. The van der Waals surface area contributed by atoms with E-state index in [1.54, 1.807) is 146 Å². The Kier molecular flexibility index (Phi) is 14.4. The van der Waals surface area contributed by atoms with Crippen LogP contribution in [0, 0.1) is 0 Å². The highest BCUT2D eigenvalue weighted by molar-refractivity contribution is 7.25. The van der Waals surface area contributed by atoms with Crippen LogP contribution in [0.1, 0.15) is 85.9 Å². The molecule has 1 aromatic heterocycles. The lowest BCUT2D eigenvalue weighted by Gasteiger charge is -2.29. The lowest BCUT2D eigenvalue weighted by Crippen LogP contribution is -2.46. The van der Waals surface area contributed by atoms with Gasteiger partial charge >= 0.3 is 23.9 Å². The van der Waals surface area contributed by atoms with E-state index in [2.05, 4.69) is 0 Å². The molecule has 0 amide bonds. The van der Waals surface area contributed by atoms with Crippen LogP contribution in [0.25, 0.3) is 75.4 Å². The predicted octanol–water partition coefficient (Wildman–Crippen LogP) is 16.9. The van der Waals surface area contributed by atoms with Gasteiger partial charge in [-0.2, -0.15) is 0 Å². The first kappa shape index (κ1) is 60.1. The maximum Gasteiger partial charge on any atom is 0.333 e. The molecule has 12 nitrogen and oxygen atoms in total. The van der Waals surface area contributed by atoms with E-state index >= 15 is 19.2 Å². The van der Waals surface area contributed by atoms with Gasteiger partial charge in [-0.05, 0) is 196 Å². The SMILES string of the molecule is O=C1C(=CC2=Cc3cc4sc5cc6c(cc5c4cc3C2(C(=O)OCc2ccccc2)C(=O)OCc2ccccc2)C(C(=O)OCc2ccccc2)(C(=O)OCc2ccccc2)C(C=C2C(=O)c3cc4cc5ccccc5cc4cc3C2=O)=C6)C(=O)c2cc3cc4ccccc4cc3cc21. The maximum atomic E-state index is 15.9. The average Bonchev–Trinajstić information content (AvgIpc) is 1.56. The first-order valence-electron chi connectivity index (χ1n) is 32.2. The second-order valence-corrected chi connectivity index (χ2v) is 26.3. The number of esters is 4. The summed E-state index contributed by atoms with van der Waals surface area (Å²) in [4.78, 5) is 124. The molecule has 0 fully saturated rings. The summed E-state index contributed by atoms with van der Waals surface area (Å²) in [6.45, 7) is -1.12. The molecule has 0 spiro atoms. The number of carbonyl (C=O) groups excluding carboxylic acids is 8. The second-order valence-electron chi connectivity index (χ2n) is 25.2. The van der Waals surface area contributed by atoms with Crippen LogP contribution in [-0.4, -0.2) is 47.0 Å². The van der Waals surface area contributed by atoms with Gasteiger partial charge in [0.2, 0.25) is 10.8 Å². The number of ether oxygens (including phenoxy) is 4. The summed E-state index contributed by atoms with van der Waals surface area (Å²) in [6, 6.07) is 72.9. The molecule has 17 rings (SSSR count). The molecule has 13 aromatic rings. The largest absolute Gasteiger partial charge is 0.459 e. The molecule has 12 aromatic carbocycles. The van der Waals surface area contributed by atoms with Gasteiger partial charge in [-0.1, -0.05) is 170 Å². The zero-order valence-electron chi connectivity index (χ0n) is 52.5. The molecule has 1 heterocycles. The summed E-state index contributed by atoms with van der Waals surface area (Å²) in [7, 11) is 0. The number of fused-ring (bicyclic) bond motifs is 11. The van der Waals surface area contributed by atoms with E-state index in [0.29, 0.717) is 53.6 Å². The molecule has 0 unspecified atom stereocenters. The van der Waals surface area contributed by atoms with Crippen LogP contribution in [0.3, 0.4) is 0 Å². The number of ketones is 4. The third-order valence-electron chi connectivity index (χ3n) is 19.4. The summed E-state index contributed by atoms with van der Waals surface area (Å²) in [5.74, 6) is -6.61. The summed E-state index contributed by atoms with van der Waals surface area (Å²) < 4.78 is 26.4. The fourth-order valence-corrected chi connectivity index (χ4v) is 15.6. The number of thiophene rings is 1. The summed E-state index contributed by atoms with van der Waals surface area (Å²) in [5, 5.41) is 7.67. The van der Waals surface area contributed by atoms with Crippen LogP contribution in [0.4, 0.5) is 0 Å². The number of Topliss-reactive ketones (excluding diaryl/α,β-unsaturated/α-hetero) is 4. The highest BCUT2D eigenvalue weighted by Crippen LogP contribution is 2.53. The van der Waals surface area contributed by atoms with Gasteiger partial charge in [-0.15, -0.1) is 11.3 Å². The molecule has 0 radical (unpaired) electrons. The minimum absolute atomic E-state index is 0.0563. The van der Waals surface area contributed by atoms with Gasteiger partial charge in [0.25, 0.3) is 0 Å². The third-order valence-corrected chi connectivity index (χ3v) is 20.5. The Balaban J connectivity index is 0.850. The summed E-state index contributed by atoms with van der Waals surface area (Å²) >= 11 is 1.34. The van der Waals surface area contributed by atoms with Gasteiger partial charge in [-0.3, -0.25) is 38.4 Å². The van der Waals surface area contributed by atoms with E-state index in [4.69, 9.17) is 18.9 Å². The standard InChI is InChI=1S/C86H52O12S/c87-77-67-35-57-29-53-25-13-14-26-54(53)30-58(57)36-68(67)78(88)71(77)41-63-33-61-39-75-65(43-73(61)85(63,81(91)95-45-49-17-5-1-6-18-49)82(92)96-46-50-19-7-2-8-20-50)66-44-74-62(40-76(66)99-75)34-64(42-72-79(89)69-37-59-31-55-27-15-16-28-56(55)32-60(59)38-70(69)80(72)90)86(74,83(93)97-47-51-21-9-3-10-22-51)84(94)98-48-52-23-11-4-12-24-52/h1-44H,45-48H2. The summed E-state index contributed by atoms with van der Waals surface area (Å²) in [5.41, 5.74) is -1.63. The number of carbonyl (C=O) groups is 8. The Labute approximate surface area is 568 Å². The zero-order valence-corrected chi connectivity index (χ0v) is 53.4. The van der Waals surface area contributed by atoms with Gasteiger partial charge in [0.1, 0.15) is 26.4 Å². The van der Waals surface area contributed by atoms with Crippen molar-refractivity contribution in [1.82, 2.24) is 0 Å². The van der Waals surface area contributed by atoms with E-state index in [1.807, 2.05) is 109 Å². The smallest absolute Gasteiger partial charge is 0.333 e. The third kappa shape index (κ3) is 9.87. The molecule has 0 saturated heterocycles. The van der Waals surface area contributed by atoms with Crippen LogP contribution in [0.2, 0.25) is 0 Å². The molecule has 13 heteroatoms. The number of rotatable bonds is 14. The Hall–Kier alpha value is -12.6. The van der Waals surface area contributed by atoms with Crippen molar-refractivity contribution in [3.05, 3.63) is 344 Å². The molecule has 0 saturated carbocycles. The predicted molar refractivity (Wildman–Crippen MR) is 380 cm³/mol. The van der Waals surface area contributed by atoms with Crippen molar-refractivity contribution in [2.24, 2.45) is 0 Å². The van der Waals surface area contributed by atoms with Crippen LogP contribution in [-0.2, 0) is 75.4 Å². The van der Waals surface area contributed by atoms with Crippen LogP contribution in [0.5, 0.6) is 0 Å². The quantitative estimate of drug-likeness (QED) is 0.0252. The molecule has 4 aliphatic carbocycles. The van der Waals surface area contributed by atoms with Crippen molar-refractivity contribution >= 4 is 134 Å². The number of allylic oxidation sites excluding steroid dienone is 4. The Bertz CT molecular complexity index is 5270. The minimum atomic E-state index is -2.51. The Morgan fingerprint density at radius 1 is 0.313 bits per heavy atom. The monoisotopic (exact) mass is 1310 g/mol. The van der Waals surface area contributed by atoms with E-state index in [1.165, 1.54) is 23.5 Å². The average molecular weight is 1310 g/mol. The molecular formula is C86H52O12S. The molecule has 0 aliphatic heterocycles. The van der Waals surface area contributed by atoms with E-state index in [9.17, 15) is 19.2 Å². The highest BCUT2D eigenvalue weighted by Gasteiger charge is 2.59. The fraction of sp³-hybridized carbons (Fsp3) is 0.0698. The van der Waals surface area contributed by atoms with Crippen molar-refractivity contribution in [2.45, 2.75) is 37.3 Å². The van der Waals surface area contributed by atoms with Gasteiger partial charge in [0.15, 0.2) is 23.1 Å². The van der Waals surface area contributed by atoms with Gasteiger partial charge < -0.3 is 18.9 Å². The molecular weight excluding hydrogens is 1260 g/mol. The molecule has 0 N–H and O–H groups in total.